The van der Waals surface area contributed by atoms with E-state index in [1.54, 1.807) is 29.0 Å². The number of rotatable bonds is 2. The summed E-state index contributed by atoms with van der Waals surface area (Å²) >= 11 is 0. The molecule has 0 spiro atoms. The van der Waals surface area contributed by atoms with Crippen LogP contribution in [0.5, 0.6) is 0 Å². The van der Waals surface area contributed by atoms with Gasteiger partial charge in [-0.25, -0.2) is 5.26 Å². The number of hydrogen-bond acceptors (Lipinski definition) is 2. The molecule has 0 N–H and O–H groups in total. The average Bonchev–Trinajstić information content (AvgIpc) is 2.06. The highest BCUT2D eigenvalue weighted by Crippen LogP contribution is 1.94. The highest BCUT2D eigenvalue weighted by Gasteiger charge is 1.97. The first-order valence-corrected chi connectivity index (χ1v) is 3.49. The summed E-state index contributed by atoms with van der Waals surface area (Å²) in [5.74, 6) is 1.91. The second kappa shape index (κ2) is 3.68. The van der Waals surface area contributed by atoms with Gasteiger partial charge in [0, 0.05) is 17.7 Å². The first-order valence-electron chi connectivity index (χ1n) is 3.49. The van der Waals surface area contributed by atoms with Crippen molar-refractivity contribution in [3.05, 3.63) is 30.1 Å². The SMILES string of the molecule is CC(=O)c1cc[n+]([B-]C#N)cc1. The first-order chi connectivity index (χ1) is 5.74. The molecule has 2 radical (unpaired) electrons. The molecule has 1 heterocycles. The van der Waals surface area contributed by atoms with Gasteiger partial charge in [0.1, 0.15) is 12.4 Å². The monoisotopic (exact) mass is 158 g/mol. The van der Waals surface area contributed by atoms with Crippen LogP contribution in [-0.2, 0) is 0 Å². The van der Waals surface area contributed by atoms with Crippen LogP contribution in [0.3, 0.4) is 0 Å². The van der Waals surface area contributed by atoms with Gasteiger partial charge >= 0.3 is 0 Å². The van der Waals surface area contributed by atoms with Gasteiger partial charge in [-0.15, -0.1) is 5.97 Å². The molecule has 1 aromatic rings. The van der Waals surface area contributed by atoms with Crippen molar-refractivity contribution < 1.29 is 9.27 Å². The third-order valence-electron chi connectivity index (χ3n) is 1.47. The molecular weight excluding hydrogens is 151 g/mol. The van der Waals surface area contributed by atoms with Crippen LogP contribution in [0.1, 0.15) is 17.3 Å². The maximum atomic E-state index is 10.8. The highest BCUT2D eigenvalue weighted by molar-refractivity contribution is 6.35. The molecule has 0 saturated heterocycles. The fourth-order valence-electron chi connectivity index (χ4n) is 0.825. The van der Waals surface area contributed by atoms with Crippen molar-refractivity contribution in [2.24, 2.45) is 0 Å². The van der Waals surface area contributed by atoms with Crippen molar-refractivity contribution >= 4 is 13.2 Å². The molecule has 12 heavy (non-hydrogen) atoms. The zero-order chi connectivity index (χ0) is 8.97. The Bertz CT molecular complexity index is 326. The van der Waals surface area contributed by atoms with Gasteiger partial charge in [-0.2, -0.15) is 0 Å². The summed E-state index contributed by atoms with van der Waals surface area (Å²) in [6.07, 6.45) is 3.33. The van der Waals surface area contributed by atoms with Gasteiger partial charge in [-0.05, 0) is 6.92 Å². The van der Waals surface area contributed by atoms with E-state index in [-0.39, 0.29) is 5.78 Å². The number of aromatic nitrogens is 1. The molecule has 1 rings (SSSR count). The molecule has 0 saturated carbocycles. The Kier molecular flexibility index (Phi) is 2.59. The average molecular weight is 158 g/mol. The lowest BCUT2D eigenvalue weighted by Crippen LogP contribution is -2.38. The third kappa shape index (κ3) is 1.93. The molecule has 4 heteroatoms. The summed E-state index contributed by atoms with van der Waals surface area (Å²) in [6.45, 7) is 1.51. The maximum absolute atomic E-state index is 10.8. The third-order valence-corrected chi connectivity index (χ3v) is 1.47. The van der Waals surface area contributed by atoms with Crippen LogP contribution in [0.25, 0.3) is 0 Å². The molecule has 58 valence electrons. The molecule has 0 atom stereocenters. The Morgan fingerprint density at radius 1 is 1.58 bits per heavy atom. The van der Waals surface area contributed by atoms with Gasteiger partial charge in [-0.3, -0.25) is 4.79 Å². The topological polar surface area (TPSA) is 44.7 Å². The molecular formula is C8H7BN2O. The van der Waals surface area contributed by atoms with Crippen molar-refractivity contribution in [2.75, 3.05) is 0 Å². The molecule has 3 nitrogen and oxygen atoms in total. The van der Waals surface area contributed by atoms with Crippen molar-refractivity contribution in [2.45, 2.75) is 6.92 Å². The van der Waals surface area contributed by atoms with E-state index in [4.69, 9.17) is 5.26 Å². The van der Waals surface area contributed by atoms with Gasteiger partial charge in [-0.1, -0.05) is 0 Å². The Morgan fingerprint density at radius 2 is 2.17 bits per heavy atom. The molecule has 0 aliphatic rings. The molecule has 0 amide bonds. The van der Waals surface area contributed by atoms with E-state index in [1.807, 2.05) is 5.97 Å². The minimum Gasteiger partial charge on any atom is -0.461 e. The minimum absolute atomic E-state index is 0.0270. The number of hydrogen-bond donors (Lipinski definition) is 0. The molecule has 1 aromatic heterocycles. The molecule has 0 bridgehead atoms. The molecule has 0 aliphatic heterocycles. The number of carbonyl (C=O) groups is 1. The number of ketones is 1. The quantitative estimate of drug-likeness (QED) is 0.453. The lowest BCUT2D eigenvalue weighted by molar-refractivity contribution is -0.527. The Morgan fingerprint density at radius 3 is 2.58 bits per heavy atom. The van der Waals surface area contributed by atoms with Crippen LogP contribution in [0.2, 0.25) is 0 Å². The van der Waals surface area contributed by atoms with Crippen molar-refractivity contribution in [1.82, 2.24) is 0 Å². The second-order valence-electron chi connectivity index (χ2n) is 2.35. The summed E-state index contributed by atoms with van der Waals surface area (Å²) in [5, 5.41) is 8.30. The van der Waals surface area contributed by atoms with E-state index in [0.29, 0.717) is 5.56 Å². The predicted molar refractivity (Wildman–Crippen MR) is 43.4 cm³/mol. The first kappa shape index (κ1) is 8.47. The van der Waals surface area contributed by atoms with E-state index in [1.165, 1.54) is 14.3 Å². The van der Waals surface area contributed by atoms with Gasteiger partial charge in [0.05, 0.1) is 0 Å². The van der Waals surface area contributed by atoms with Crippen LogP contribution >= 0.6 is 0 Å². The van der Waals surface area contributed by atoms with Gasteiger partial charge < -0.3 is 4.48 Å². The van der Waals surface area contributed by atoms with E-state index in [2.05, 4.69) is 0 Å². The molecule has 0 aromatic carbocycles. The number of pyridine rings is 1. The van der Waals surface area contributed by atoms with Crippen LogP contribution in [0, 0.1) is 11.2 Å². The Hall–Kier alpha value is -1.63. The summed E-state index contributed by atoms with van der Waals surface area (Å²) in [4.78, 5) is 10.8. The smallest absolute Gasteiger partial charge is 0.213 e. The number of carbonyl (C=O) groups excluding carboxylic acids is 1. The highest BCUT2D eigenvalue weighted by atomic mass is 16.1. The van der Waals surface area contributed by atoms with Crippen LogP contribution < -0.4 is 4.48 Å². The Balaban J connectivity index is 2.87. The lowest BCUT2D eigenvalue weighted by Gasteiger charge is -2.00. The van der Waals surface area contributed by atoms with Crippen molar-refractivity contribution in [1.29, 1.82) is 5.26 Å². The van der Waals surface area contributed by atoms with Crippen molar-refractivity contribution in [3.63, 3.8) is 0 Å². The van der Waals surface area contributed by atoms with E-state index in [9.17, 15) is 4.79 Å². The van der Waals surface area contributed by atoms with Gasteiger partial charge in [0.15, 0.2) is 5.78 Å². The van der Waals surface area contributed by atoms with Gasteiger partial charge in [0.25, 0.3) is 0 Å². The summed E-state index contributed by atoms with van der Waals surface area (Å²) in [5.41, 5.74) is 0.651. The molecule has 0 unspecified atom stereocenters. The van der Waals surface area contributed by atoms with E-state index < -0.39 is 0 Å². The van der Waals surface area contributed by atoms with Gasteiger partial charge in [0.2, 0.25) is 7.41 Å². The lowest BCUT2D eigenvalue weighted by atomic mass is 9.98. The predicted octanol–water partition coefficient (Wildman–Crippen LogP) is 0.125. The van der Waals surface area contributed by atoms with E-state index in [0.717, 1.165) is 0 Å². The fraction of sp³-hybridized carbons (Fsp3) is 0.125. The zero-order valence-electron chi connectivity index (χ0n) is 6.69. The van der Waals surface area contributed by atoms with Crippen molar-refractivity contribution in [3.8, 4) is 5.97 Å². The number of nitriles is 1. The molecule has 0 aliphatic carbocycles. The van der Waals surface area contributed by atoms with Crippen LogP contribution in [0.4, 0.5) is 0 Å². The standard InChI is InChI=1S/C8H7BN2O/c1-7(12)8-2-4-11(5-3-8)9-6-10/h2-5H,1H3. The summed E-state index contributed by atoms with van der Waals surface area (Å²) in [6, 6.07) is 3.35. The number of Topliss-reactive ketones (excluding diaryl/α,β-unsaturated/α-hetero) is 1. The largest absolute Gasteiger partial charge is 0.461 e. The summed E-state index contributed by atoms with van der Waals surface area (Å²) in [7, 11) is 1.35. The summed E-state index contributed by atoms with van der Waals surface area (Å²) < 4.78 is 1.59. The fourth-order valence-corrected chi connectivity index (χ4v) is 0.825. The maximum Gasteiger partial charge on any atom is 0.213 e. The van der Waals surface area contributed by atoms with Crippen LogP contribution in [-0.4, -0.2) is 13.2 Å². The normalized spacial score (nSPS) is 9.00. The Labute approximate surface area is 71.5 Å². The molecule has 0 fully saturated rings. The number of nitrogens with zero attached hydrogens (tertiary/aromatic N) is 2. The van der Waals surface area contributed by atoms with Crippen LogP contribution in [0.15, 0.2) is 24.5 Å². The van der Waals surface area contributed by atoms with E-state index >= 15 is 0 Å². The second-order valence-corrected chi connectivity index (χ2v) is 2.35. The minimum atomic E-state index is 0.0270. The zero-order valence-corrected chi connectivity index (χ0v) is 6.69.